The average Bonchev–Trinajstić information content (AvgIpc) is 2.33. The van der Waals surface area contributed by atoms with Gasteiger partial charge in [-0.1, -0.05) is 30.9 Å². The molecule has 0 saturated heterocycles. The Balaban J connectivity index is 2.36. The molecule has 1 fully saturated rings. The zero-order chi connectivity index (χ0) is 15.0. The lowest BCUT2D eigenvalue weighted by molar-refractivity contribution is 0.294. The SMILES string of the molecule is CC1(NS(=O)(=O)c2cc(Cl)cc(N)c2Br)CCCCC1. The smallest absolute Gasteiger partial charge is 0.242 e. The van der Waals surface area contributed by atoms with Gasteiger partial charge in [0, 0.05) is 16.2 Å². The first-order valence-corrected chi connectivity index (χ1v) is 9.17. The summed E-state index contributed by atoms with van der Waals surface area (Å²) in [5.74, 6) is 0. The zero-order valence-corrected chi connectivity index (χ0v) is 14.4. The monoisotopic (exact) mass is 380 g/mol. The second-order valence-corrected chi connectivity index (χ2v) is 8.41. The fourth-order valence-corrected chi connectivity index (χ4v) is 5.35. The van der Waals surface area contributed by atoms with Crippen LogP contribution in [-0.4, -0.2) is 14.0 Å². The Bertz CT molecular complexity index is 613. The van der Waals surface area contributed by atoms with Crippen LogP contribution >= 0.6 is 27.5 Å². The lowest BCUT2D eigenvalue weighted by atomic mass is 9.84. The number of nitrogens with one attached hydrogen (secondary N) is 1. The summed E-state index contributed by atoms with van der Waals surface area (Å²) in [5.41, 5.74) is 5.68. The Morgan fingerprint density at radius 2 is 1.90 bits per heavy atom. The minimum absolute atomic E-state index is 0.0919. The Labute approximate surface area is 133 Å². The van der Waals surface area contributed by atoms with Gasteiger partial charge in [0.1, 0.15) is 0 Å². The van der Waals surface area contributed by atoms with Crippen molar-refractivity contribution in [2.45, 2.75) is 49.5 Å². The fraction of sp³-hybridized carbons (Fsp3) is 0.538. The van der Waals surface area contributed by atoms with E-state index in [2.05, 4.69) is 20.7 Å². The maximum atomic E-state index is 12.6. The number of hydrogen-bond acceptors (Lipinski definition) is 3. The Morgan fingerprint density at radius 1 is 1.30 bits per heavy atom. The summed E-state index contributed by atoms with van der Waals surface area (Å²) in [6.07, 6.45) is 4.93. The molecule has 2 rings (SSSR count). The summed E-state index contributed by atoms with van der Waals surface area (Å²) in [4.78, 5) is 0.0919. The van der Waals surface area contributed by atoms with Crippen molar-refractivity contribution in [3.05, 3.63) is 21.6 Å². The summed E-state index contributed by atoms with van der Waals surface area (Å²) >= 11 is 9.14. The number of sulfonamides is 1. The highest BCUT2D eigenvalue weighted by atomic mass is 79.9. The normalized spacial score (nSPS) is 18.9. The largest absolute Gasteiger partial charge is 0.398 e. The first-order chi connectivity index (χ1) is 9.23. The highest BCUT2D eigenvalue weighted by molar-refractivity contribution is 9.10. The maximum Gasteiger partial charge on any atom is 0.242 e. The van der Waals surface area contributed by atoms with Crippen molar-refractivity contribution < 1.29 is 8.42 Å². The van der Waals surface area contributed by atoms with E-state index in [4.69, 9.17) is 17.3 Å². The van der Waals surface area contributed by atoms with E-state index in [1.54, 1.807) is 0 Å². The molecule has 0 atom stereocenters. The summed E-state index contributed by atoms with van der Waals surface area (Å²) in [6, 6.07) is 2.93. The van der Waals surface area contributed by atoms with Crippen LogP contribution in [0.5, 0.6) is 0 Å². The van der Waals surface area contributed by atoms with E-state index in [9.17, 15) is 8.42 Å². The van der Waals surface area contributed by atoms with Crippen molar-refractivity contribution in [1.82, 2.24) is 4.72 Å². The van der Waals surface area contributed by atoms with Gasteiger partial charge in [-0.25, -0.2) is 13.1 Å². The molecule has 4 nitrogen and oxygen atoms in total. The molecule has 0 heterocycles. The Kier molecular flexibility index (Phi) is 4.69. The van der Waals surface area contributed by atoms with Gasteiger partial charge in [-0.05, 0) is 47.8 Å². The fourth-order valence-electron chi connectivity index (χ4n) is 2.59. The predicted octanol–water partition coefficient (Wildman–Crippen LogP) is 3.69. The number of benzene rings is 1. The van der Waals surface area contributed by atoms with Crippen molar-refractivity contribution in [1.29, 1.82) is 0 Å². The molecule has 20 heavy (non-hydrogen) atoms. The molecule has 1 aromatic rings. The molecular weight excluding hydrogens is 364 g/mol. The van der Waals surface area contributed by atoms with Crippen LogP contribution in [0.4, 0.5) is 5.69 Å². The summed E-state index contributed by atoms with van der Waals surface area (Å²) in [5, 5.41) is 0.305. The molecule has 112 valence electrons. The number of nitrogens with two attached hydrogens (primary N) is 1. The molecule has 0 unspecified atom stereocenters. The van der Waals surface area contributed by atoms with Crippen molar-refractivity contribution in [2.24, 2.45) is 0 Å². The molecule has 0 radical (unpaired) electrons. The average molecular weight is 382 g/mol. The van der Waals surface area contributed by atoms with Gasteiger partial charge in [-0.15, -0.1) is 0 Å². The van der Waals surface area contributed by atoms with Crippen LogP contribution < -0.4 is 10.5 Å². The lowest BCUT2D eigenvalue weighted by Crippen LogP contribution is -2.47. The standard InChI is InChI=1S/C13H18BrClN2O2S/c1-13(5-3-2-4-6-13)17-20(18,19)11-8-9(15)7-10(16)12(11)14/h7-8,17H,2-6,16H2,1H3. The second kappa shape index (κ2) is 5.83. The predicted molar refractivity (Wildman–Crippen MR) is 85.4 cm³/mol. The highest BCUT2D eigenvalue weighted by Gasteiger charge is 2.33. The van der Waals surface area contributed by atoms with E-state index < -0.39 is 15.6 Å². The Hall–Kier alpha value is -0.300. The number of nitrogen functional groups attached to an aromatic ring is 1. The molecule has 1 aliphatic rings. The van der Waals surface area contributed by atoms with Crippen molar-refractivity contribution in [3.63, 3.8) is 0 Å². The zero-order valence-electron chi connectivity index (χ0n) is 11.2. The summed E-state index contributed by atoms with van der Waals surface area (Å²) < 4.78 is 28.3. The van der Waals surface area contributed by atoms with Gasteiger partial charge >= 0.3 is 0 Å². The number of hydrogen-bond donors (Lipinski definition) is 2. The van der Waals surface area contributed by atoms with Gasteiger partial charge in [0.05, 0.1) is 9.37 Å². The van der Waals surface area contributed by atoms with Crippen molar-refractivity contribution in [2.75, 3.05) is 5.73 Å². The first kappa shape index (κ1) is 16.1. The van der Waals surface area contributed by atoms with Gasteiger partial charge in [-0.3, -0.25) is 0 Å². The third-order valence-corrected chi connectivity index (χ3v) is 6.69. The maximum absolute atomic E-state index is 12.6. The van der Waals surface area contributed by atoms with Crippen molar-refractivity contribution >= 4 is 43.2 Å². The molecule has 1 aromatic carbocycles. The van der Waals surface area contributed by atoms with Gasteiger partial charge in [0.2, 0.25) is 10.0 Å². The van der Waals surface area contributed by atoms with Crippen LogP contribution in [0.1, 0.15) is 39.0 Å². The van der Waals surface area contributed by atoms with Crippen LogP contribution in [0.3, 0.4) is 0 Å². The van der Waals surface area contributed by atoms with Gasteiger partial charge < -0.3 is 5.73 Å². The lowest BCUT2D eigenvalue weighted by Gasteiger charge is -2.34. The topological polar surface area (TPSA) is 72.2 Å². The van der Waals surface area contributed by atoms with Crippen LogP contribution in [0.25, 0.3) is 0 Å². The van der Waals surface area contributed by atoms with Gasteiger partial charge in [-0.2, -0.15) is 0 Å². The van der Waals surface area contributed by atoms with Crippen LogP contribution in [0.15, 0.2) is 21.5 Å². The molecule has 0 bridgehead atoms. The molecule has 3 N–H and O–H groups in total. The van der Waals surface area contributed by atoms with Crippen LogP contribution in [0.2, 0.25) is 5.02 Å². The summed E-state index contributed by atoms with van der Waals surface area (Å²) in [7, 11) is -3.66. The quantitative estimate of drug-likeness (QED) is 0.784. The van der Waals surface area contributed by atoms with Gasteiger partial charge in [0.15, 0.2) is 0 Å². The van der Waals surface area contributed by atoms with E-state index in [1.165, 1.54) is 12.1 Å². The van der Waals surface area contributed by atoms with E-state index in [-0.39, 0.29) is 4.90 Å². The number of halogens is 2. The molecule has 1 aliphatic carbocycles. The van der Waals surface area contributed by atoms with Crippen LogP contribution in [0, 0.1) is 0 Å². The molecule has 0 aromatic heterocycles. The van der Waals surface area contributed by atoms with Crippen LogP contribution in [-0.2, 0) is 10.0 Å². The number of rotatable bonds is 3. The minimum atomic E-state index is -3.66. The third kappa shape index (κ3) is 3.47. The summed E-state index contributed by atoms with van der Waals surface area (Å²) in [6.45, 7) is 1.95. The molecule has 0 aliphatic heterocycles. The van der Waals surface area contributed by atoms with Gasteiger partial charge in [0.25, 0.3) is 0 Å². The Morgan fingerprint density at radius 3 is 2.50 bits per heavy atom. The van der Waals surface area contributed by atoms with E-state index in [0.29, 0.717) is 15.2 Å². The van der Waals surface area contributed by atoms with E-state index in [0.717, 1.165) is 32.1 Å². The molecule has 7 heteroatoms. The first-order valence-electron chi connectivity index (χ1n) is 6.52. The highest BCUT2D eigenvalue weighted by Crippen LogP contribution is 2.34. The number of anilines is 1. The minimum Gasteiger partial charge on any atom is -0.398 e. The van der Waals surface area contributed by atoms with E-state index in [1.807, 2.05) is 6.92 Å². The molecule has 1 saturated carbocycles. The third-order valence-electron chi connectivity index (χ3n) is 3.66. The second-order valence-electron chi connectivity index (χ2n) is 5.53. The molecule has 0 spiro atoms. The van der Waals surface area contributed by atoms with E-state index >= 15 is 0 Å². The molecule has 0 amide bonds. The molecular formula is C13H18BrClN2O2S. The van der Waals surface area contributed by atoms with Crippen molar-refractivity contribution in [3.8, 4) is 0 Å².